The highest BCUT2D eigenvalue weighted by Crippen LogP contribution is 2.28. The molecular weight excluding hydrogens is 256 g/mol. The summed E-state index contributed by atoms with van der Waals surface area (Å²) in [4.78, 5) is 31.3. The van der Waals surface area contributed by atoms with Gasteiger partial charge in [-0.3, -0.25) is 20.2 Å². The summed E-state index contributed by atoms with van der Waals surface area (Å²) in [5.41, 5.74) is -0.328. The molecule has 0 bridgehead atoms. The number of nitro benzene ring substituents is 2. The number of non-ortho nitro benzene ring substituents is 1. The van der Waals surface area contributed by atoms with E-state index in [0.717, 1.165) is 12.1 Å². The van der Waals surface area contributed by atoms with Gasteiger partial charge in [0.1, 0.15) is 0 Å². The summed E-state index contributed by atoms with van der Waals surface area (Å²) in [6, 6.07) is 3.27. The molecule has 0 amide bonds. The van der Waals surface area contributed by atoms with Crippen molar-refractivity contribution in [1.29, 1.82) is 0 Å². The van der Waals surface area contributed by atoms with Crippen LogP contribution < -0.4 is 0 Å². The molecule has 0 spiro atoms. The molecule has 0 atom stereocenters. The second-order valence-corrected chi connectivity index (χ2v) is 3.81. The Morgan fingerprint density at radius 3 is 2.47 bits per heavy atom. The number of nitro groups is 2. The molecule has 1 aromatic rings. The molecule has 1 fully saturated rings. The van der Waals surface area contributed by atoms with Crippen molar-refractivity contribution in [2.75, 3.05) is 6.61 Å². The van der Waals surface area contributed by atoms with Crippen molar-refractivity contribution < 1.29 is 19.4 Å². The van der Waals surface area contributed by atoms with Crippen LogP contribution in [-0.2, 0) is 9.53 Å². The fourth-order valence-corrected chi connectivity index (χ4v) is 1.69. The van der Waals surface area contributed by atoms with Gasteiger partial charge in [-0.25, -0.2) is 4.79 Å². The van der Waals surface area contributed by atoms with Crippen LogP contribution in [0.1, 0.15) is 12.0 Å². The van der Waals surface area contributed by atoms with Crippen LogP contribution in [0.3, 0.4) is 0 Å². The van der Waals surface area contributed by atoms with Crippen molar-refractivity contribution in [2.45, 2.75) is 6.42 Å². The SMILES string of the molecule is O=C1OCC/C1=C\c1ccc([N+](=O)[O-])cc1[N+](=O)[O-]. The predicted octanol–water partition coefficient (Wildman–Crippen LogP) is 1.83. The zero-order chi connectivity index (χ0) is 14.0. The molecule has 0 aliphatic carbocycles. The number of hydrogen-bond acceptors (Lipinski definition) is 6. The lowest BCUT2D eigenvalue weighted by Crippen LogP contribution is -1.97. The van der Waals surface area contributed by atoms with E-state index in [9.17, 15) is 25.0 Å². The molecule has 8 nitrogen and oxygen atoms in total. The summed E-state index contributed by atoms with van der Waals surface area (Å²) >= 11 is 0. The molecule has 1 heterocycles. The normalized spacial score (nSPS) is 16.4. The first-order valence-electron chi connectivity index (χ1n) is 5.29. The number of esters is 1. The van der Waals surface area contributed by atoms with Crippen molar-refractivity contribution in [1.82, 2.24) is 0 Å². The van der Waals surface area contributed by atoms with Crippen LogP contribution in [0.4, 0.5) is 11.4 Å². The molecule has 1 aliphatic rings. The third-order valence-electron chi connectivity index (χ3n) is 2.62. The Kier molecular flexibility index (Phi) is 3.23. The van der Waals surface area contributed by atoms with Crippen molar-refractivity contribution in [2.24, 2.45) is 0 Å². The Bertz CT molecular complexity index is 607. The Labute approximate surface area is 106 Å². The van der Waals surface area contributed by atoms with E-state index in [1.54, 1.807) is 0 Å². The highest BCUT2D eigenvalue weighted by atomic mass is 16.6. The van der Waals surface area contributed by atoms with Gasteiger partial charge in [0.2, 0.25) is 0 Å². The maximum atomic E-state index is 11.3. The van der Waals surface area contributed by atoms with Crippen molar-refractivity contribution in [3.63, 3.8) is 0 Å². The van der Waals surface area contributed by atoms with E-state index in [2.05, 4.69) is 0 Å². The molecule has 2 rings (SSSR count). The van der Waals surface area contributed by atoms with Crippen molar-refractivity contribution in [3.05, 3.63) is 49.6 Å². The largest absolute Gasteiger partial charge is 0.462 e. The molecule has 0 N–H and O–H groups in total. The van der Waals surface area contributed by atoms with E-state index in [-0.39, 0.29) is 17.9 Å². The lowest BCUT2D eigenvalue weighted by atomic mass is 10.1. The number of benzene rings is 1. The average molecular weight is 264 g/mol. The minimum Gasteiger partial charge on any atom is -0.462 e. The van der Waals surface area contributed by atoms with E-state index in [1.807, 2.05) is 0 Å². The summed E-state index contributed by atoms with van der Waals surface area (Å²) < 4.78 is 4.71. The Balaban J connectivity index is 2.48. The zero-order valence-electron chi connectivity index (χ0n) is 9.57. The van der Waals surface area contributed by atoms with Gasteiger partial charge in [0.15, 0.2) is 0 Å². The molecule has 1 aliphatic heterocycles. The van der Waals surface area contributed by atoms with Gasteiger partial charge in [-0.05, 0) is 12.1 Å². The molecular formula is C11H8N2O6. The number of carbonyl (C=O) groups is 1. The minimum absolute atomic E-state index is 0.143. The van der Waals surface area contributed by atoms with Crippen LogP contribution in [0.2, 0.25) is 0 Å². The molecule has 0 unspecified atom stereocenters. The average Bonchev–Trinajstić information content (AvgIpc) is 2.75. The Morgan fingerprint density at radius 1 is 1.21 bits per heavy atom. The molecule has 0 aromatic heterocycles. The smallest absolute Gasteiger partial charge is 0.334 e. The summed E-state index contributed by atoms with van der Waals surface area (Å²) in [5.74, 6) is -0.521. The van der Waals surface area contributed by atoms with Gasteiger partial charge in [-0.15, -0.1) is 0 Å². The van der Waals surface area contributed by atoms with E-state index in [4.69, 9.17) is 4.74 Å². The van der Waals surface area contributed by atoms with Gasteiger partial charge < -0.3 is 4.74 Å². The number of cyclic esters (lactones) is 1. The molecule has 0 radical (unpaired) electrons. The van der Waals surface area contributed by atoms with E-state index in [0.29, 0.717) is 12.0 Å². The summed E-state index contributed by atoms with van der Waals surface area (Å²) in [7, 11) is 0. The van der Waals surface area contributed by atoms with Crippen LogP contribution >= 0.6 is 0 Å². The number of nitrogens with zero attached hydrogens (tertiary/aromatic N) is 2. The molecule has 1 aromatic carbocycles. The van der Waals surface area contributed by atoms with Gasteiger partial charge in [0.05, 0.1) is 28.1 Å². The molecule has 8 heteroatoms. The fraction of sp³-hybridized carbons (Fsp3) is 0.182. The number of hydrogen-bond donors (Lipinski definition) is 0. The van der Waals surface area contributed by atoms with Gasteiger partial charge in [0, 0.05) is 18.1 Å². The summed E-state index contributed by atoms with van der Waals surface area (Å²) in [6.07, 6.45) is 1.70. The predicted molar refractivity (Wildman–Crippen MR) is 63.3 cm³/mol. The van der Waals surface area contributed by atoms with Crippen LogP contribution in [0.25, 0.3) is 6.08 Å². The monoisotopic (exact) mass is 264 g/mol. The lowest BCUT2D eigenvalue weighted by Gasteiger charge is -1.99. The van der Waals surface area contributed by atoms with E-state index in [1.165, 1.54) is 12.1 Å². The first kappa shape index (κ1) is 12.7. The molecule has 19 heavy (non-hydrogen) atoms. The third-order valence-corrected chi connectivity index (χ3v) is 2.62. The first-order chi connectivity index (χ1) is 8.99. The van der Waals surface area contributed by atoms with Crippen LogP contribution in [0.5, 0.6) is 0 Å². The molecule has 1 saturated heterocycles. The standard InChI is InChI=1S/C11H8N2O6/c14-11-8(3-4-19-11)5-7-1-2-9(12(15)16)6-10(7)13(17)18/h1-2,5-6H,3-4H2/b8-5+. The van der Waals surface area contributed by atoms with E-state index < -0.39 is 21.5 Å². The van der Waals surface area contributed by atoms with Crippen molar-refractivity contribution in [3.8, 4) is 0 Å². The number of ether oxygens (including phenoxy) is 1. The van der Waals surface area contributed by atoms with Crippen LogP contribution in [0, 0.1) is 20.2 Å². The number of rotatable bonds is 3. The highest BCUT2D eigenvalue weighted by Gasteiger charge is 2.22. The van der Waals surface area contributed by atoms with Gasteiger partial charge >= 0.3 is 5.97 Å². The van der Waals surface area contributed by atoms with E-state index >= 15 is 0 Å². The Morgan fingerprint density at radius 2 is 1.95 bits per heavy atom. The summed E-state index contributed by atoms with van der Waals surface area (Å²) in [5, 5.41) is 21.5. The van der Waals surface area contributed by atoms with Gasteiger partial charge in [-0.2, -0.15) is 0 Å². The lowest BCUT2D eigenvalue weighted by molar-refractivity contribution is -0.394. The second kappa shape index (κ2) is 4.84. The van der Waals surface area contributed by atoms with Gasteiger partial charge in [-0.1, -0.05) is 0 Å². The number of carbonyl (C=O) groups excluding carboxylic acids is 1. The topological polar surface area (TPSA) is 113 Å². The van der Waals surface area contributed by atoms with Crippen LogP contribution in [-0.4, -0.2) is 22.4 Å². The molecule has 98 valence electrons. The first-order valence-corrected chi connectivity index (χ1v) is 5.29. The Hall–Kier alpha value is -2.77. The zero-order valence-corrected chi connectivity index (χ0v) is 9.57. The maximum Gasteiger partial charge on any atom is 0.334 e. The second-order valence-electron chi connectivity index (χ2n) is 3.81. The van der Waals surface area contributed by atoms with Gasteiger partial charge in [0.25, 0.3) is 11.4 Å². The quantitative estimate of drug-likeness (QED) is 0.356. The highest BCUT2D eigenvalue weighted by molar-refractivity contribution is 5.96. The van der Waals surface area contributed by atoms with Crippen LogP contribution in [0.15, 0.2) is 23.8 Å². The maximum absolute atomic E-state index is 11.3. The van der Waals surface area contributed by atoms with Crippen molar-refractivity contribution >= 4 is 23.4 Å². The molecule has 0 saturated carbocycles. The fourth-order valence-electron chi connectivity index (χ4n) is 1.69. The third kappa shape index (κ3) is 2.57. The summed E-state index contributed by atoms with van der Waals surface area (Å²) in [6.45, 7) is 0.242. The minimum atomic E-state index is -0.723.